The summed E-state index contributed by atoms with van der Waals surface area (Å²) in [6.07, 6.45) is 0. The van der Waals surface area contributed by atoms with Crippen molar-refractivity contribution in [2.45, 2.75) is 15.8 Å². The molecule has 0 bridgehead atoms. The van der Waals surface area contributed by atoms with Crippen LogP contribution in [0.25, 0.3) is 10.6 Å². The van der Waals surface area contributed by atoms with Crippen LogP contribution in [-0.4, -0.2) is 18.4 Å². The Morgan fingerprint density at radius 1 is 1.31 bits per heavy atom. The van der Waals surface area contributed by atoms with Crippen LogP contribution in [0.3, 0.4) is 0 Å². The van der Waals surface area contributed by atoms with Gasteiger partial charge in [-0.1, -0.05) is 30.0 Å². The van der Waals surface area contributed by atoms with Crippen molar-refractivity contribution >= 4 is 33.1 Å². The lowest BCUT2D eigenvalue weighted by atomic mass is 10.2. The Balaban J connectivity index is 1.90. The number of hydrogen-bond acceptors (Lipinski definition) is 7. The van der Waals surface area contributed by atoms with E-state index in [9.17, 15) is 18.5 Å². The molecule has 10 heteroatoms. The van der Waals surface area contributed by atoms with E-state index in [1.54, 1.807) is 18.2 Å². The fourth-order valence-electron chi connectivity index (χ4n) is 2.18. The molecule has 2 heterocycles. The van der Waals surface area contributed by atoms with Gasteiger partial charge in [0.25, 0.3) is 5.56 Å². The Bertz CT molecular complexity index is 1150. The topological polar surface area (TPSA) is 130 Å². The Hall–Kier alpha value is -2.45. The van der Waals surface area contributed by atoms with Gasteiger partial charge < -0.3 is 4.98 Å². The van der Waals surface area contributed by atoms with Gasteiger partial charge in [-0.25, -0.2) is 18.5 Å². The maximum absolute atomic E-state index is 12.2. The Labute approximate surface area is 157 Å². The molecule has 7 nitrogen and oxygen atoms in total. The molecular formula is C16H12N4O3S3. The molecule has 0 saturated heterocycles. The fourth-order valence-corrected chi connectivity index (χ4v) is 4.29. The number of nitriles is 1. The Kier molecular flexibility index (Phi) is 5.24. The third kappa shape index (κ3) is 4.03. The van der Waals surface area contributed by atoms with Crippen molar-refractivity contribution < 1.29 is 8.42 Å². The predicted octanol–water partition coefficient (Wildman–Crippen LogP) is 2.31. The summed E-state index contributed by atoms with van der Waals surface area (Å²) in [6.45, 7) is 0. The van der Waals surface area contributed by atoms with Gasteiger partial charge in [0.05, 0.1) is 9.77 Å². The van der Waals surface area contributed by atoms with Gasteiger partial charge in [0.1, 0.15) is 17.3 Å². The molecule has 0 radical (unpaired) electrons. The summed E-state index contributed by atoms with van der Waals surface area (Å²) in [7, 11) is -3.78. The quantitative estimate of drug-likeness (QED) is 0.496. The second-order valence-electron chi connectivity index (χ2n) is 5.16. The molecule has 0 unspecified atom stereocenters. The number of primary sulfonamides is 1. The van der Waals surface area contributed by atoms with Gasteiger partial charge in [-0.15, -0.1) is 11.3 Å². The number of H-pyrrole nitrogens is 1. The number of thiophene rings is 1. The minimum atomic E-state index is -3.78. The van der Waals surface area contributed by atoms with Crippen LogP contribution in [0.4, 0.5) is 0 Å². The maximum atomic E-state index is 12.2. The first kappa shape index (κ1) is 18.3. The highest BCUT2D eigenvalue weighted by Crippen LogP contribution is 2.27. The third-order valence-corrected chi connectivity index (χ3v) is 6.10. The lowest BCUT2D eigenvalue weighted by Crippen LogP contribution is -2.14. The van der Waals surface area contributed by atoms with Gasteiger partial charge in [0.15, 0.2) is 5.16 Å². The number of thioether (sulfide) groups is 1. The molecule has 0 atom stereocenters. The summed E-state index contributed by atoms with van der Waals surface area (Å²) in [4.78, 5) is 19.9. The first-order chi connectivity index (χ1) is 12.4. The molecular weight excluding hydrogens is 392 g/mol. The number of rotatable bonds is 5. The number of hydrogen-bond donors (Lipinski definition) is 2. The van der Waals surface area contributed by atoms with Crippen LogP contribution < -0.4 is 10.7 Å². The summed E-state index contributed by atoms with van der Waals surface area (Å²) in [5, 5.41) is 16.5. The number of nitrogens with one attached hydrogen (secondary N) is 1. The largest absolute Gasteiger partial charge is 0.300 e. The first-order valence-electron chi connectivity index (χ1n) is 7.21. The molecule has 3 N–H and O–H groups in total. The van der Waals surface area contributed by atoms with Crippen molar-refractivity contribution in [2.24, 2.45) is 5.14 Å². The van der Waals surface area contributed by atoms with Crippen molar-refractivity contribution in [3.63, 3.8) is 0 Å². The van der Waals surface area contributed by atoms with Crippen LogP contribution in [0, 0.1) is 11.3 Å². The van der Waals surface area contributed by atoms with E-state index in [0.29, 0.717) is 22.2 Å². The van der Waals surface area contributed by atoms with Gasteiger partial charge in [-0.3, -0.25) is 4.79 Å². The maximum Gasteiger partial charge on any atom is 0.270 e. The number of sulfonamides is 1. The van der Waals surface area contributed by atoms with Crippen LogP contribution in [0.5, 0.6) is 0 Å². The lowest BCUT2D eigenvalue weighted by Gasteiger charge is -2.06. The number of aromatic amines is 1. The van der Waals surface area contributed by atoms with Gasteiger partial charge in [-0.2, -0.15) is 5.26 Å². The van der Waals surface area contributed by atoms with Crippen LogP contribution in [0.1, 0.15) is 11.1 Å². The molecule has 3 rings (SSSR count). The highest BCUT2D eigenvalue weighted by molar-refractivity contribution is 7.98. The smallest absolute Gasteiger partial charge is 0.270 e. The van der Waals surface area contributed by atoms with E-state index in [1.807, 2.05) is 17.5 Å². The van der Waals surface area contributed by atoms with Gasteiger partial charge in [0, 0.05) is 5.75 Å². The average molecular weight is 404 g/mol. The minimum absolute atomic E-state index is 0.0242. The van der Waals surface area contributed by atoms with E-state index < -0.39 is 15.6 Å². The molecule has 3 aromatic rings. The Morgan fingerprint density at radius 3 is 2.77 bits per heavy atom. The van der Waals surface area contributed by atoms with Gasteiger partial charge in [0.2, 0.25) is 10.0 Å². The van der Waals surface area contributed by atoms with Crippen molar-refractivity contribution in [3.05, 3.63) is 63.3 Å². The highest BCUT2D eigenvalue weighted by Gasteiger charge is 2.15. The molecule has 132 valence electrons. The van der Waals surface area contributed by atoms with E-state index in [0.717, 1.165) is 4.88 Å². The zero-order valence-electron chi connectivity index (χ0n) is 13.2. The molecule has 0 saturated carbocycles. The van der Waals surface area contributed by atoms with E-state index in [-0.39, 0.29) is 10.5 Å². The summed E-state index contributed by atoms with van der Waals surface area (Å²) in [5.41, 5.74) is 0.512. The highest BCUT2D eigenvalue weighted by atomic mass is 32.2. The molecule has 0 fully saturated rings. The van der Waals surface area contributed by atoms with Gasteiger partial charge in [-0.05, 0) is 29.1 Å². The molecule has 26 heavy (non-hydrogen) atoms. The number of aromatic nitrogens is 2. The third-order valence-electron chi connectivity index (χ3n) is 3.37. The van der Waals surface area contributed by atoms with E-state index >= 15 is 0 Å². The van der Waals surface area contributed by atoms with Crippen molar-refractivity contribution in [1.82, 2.24) is 9.97 Å². The number of nitrogens with zero attached hydrogens (tertiary/aromatic N) is 2. The van der Waals surface area contributed by atoms with Crippen LogP contribution in [0.15, 0.2) is 56.6 Å². The number of benzene rings is 1. The summed E-state index contributed by atoms with van der Waals surface area (Å²) >= 11 is 2.62. The summed E-state index contributed by atoms with van der Waals surface area (Å²) in [5.74, 6) is 0.377. The predicted molar refractivity (Wildman–Crippen MR) is 100 cm³/mol. The molecule has 1 aromatic carbocycles. The SMILES string of the molecule is N#Cc1c(-c2cccs2)nc(SCc2cccc(S(N)(=O)=O)c2)[nH]c1=O. The van der Waals surface area contributed by atoms with E-state index in [2.05, 4.69) is 9.97 Å². The lowest BCUT2D eigenvalue weighted by molar-refractivity contribution is 0.597. The molecule has 0 spiro atoms. The van der Waals surface area contributed by atoms with E-state index in [1.165, 1.54) is 35.2 Å². The monoisotopic (exact) mass is 404 g/mol. The normalized spacial score (nSPS) is 11.2. The standard InChI is InChI=1S/C16H12N4O3S3/c17-8-12-14(13-5-2-6-24-13)19-16(20-15(12)21)25-9-10-3-1-4-11(7-10)26(18,22)23/h1-7H,9H2,(H2,18,22,23)(H,19,20,21). The zero-order valence-corrected chi connectivity index (χ0v) is 15.6. The molecule has 0 aliphatic heterocycles. The molecule has 0 amide bonds. The second kappa shape index (κ2) is 7.43. The van der Waals surface area contributed by atoms with Crippen molar-refractivity contribution in [1.29, 1.82) is 5.26 Å². The Morgan fingerprint density at radius 2 is 2.12 bits per heavy atom. The first-order valence-corrected chi connectivity index (χ1v) is 10.6. The molecule has 2 aromatic heterocycles. The summed E-state index contributed by atoms with van der Waals surface area (Å²) < 4.78 is 22.9. The van der Waals surface area contributed by atoms with Crippen molar-refractivity contribution in [3.8, 4) is 16.6 Å². The zero-order chi connectivity index (χ0) is 18.7. The molecule has 0 aliphatic carbocycles. The van der Waals surface area contributed by atoms with Crippen LogP contribution in [0.2, 0.25) is 0 Å². The fraction of sp³-hybridized carbons (Fsp3) is 0.0625. The van der Waals surface area contributed by atoms with Crippen LogP contribution >= 0.6 is 23.1 Å². The number of nitrogens with two attached hydrogens (primary N) is 1. The van der Waals surface area contributed by atoms with Crippen molar-refractivity contribution in [2.75, 3.05) is 0 Å². The van der Waals surface area contributed by atoms with E-state index in [4.69, 9.17) is 5.14 Å². The second-order valence-corrected chi connectivity index (χ2v) is 8.64. The van der Waals surface area contributed by atoms with Gasteiger partial charge >= 0.3 is 0 Å². The molecule has 0 aliphatic rings. The van der Waals surface area contributed by atoms with Crippen LogP contribution in [-0.2, 0) is 15.8 Å². The average Bonchev–Trinajstić information content (AvgIpc) is 3.13. The minimum Gasteiger partial charge on any atom is -0.300 e. The summed E-state index contributed by atoms with van der Waals surface area (Å²) in [6, 6.07) is 11.7.